The zero-order chi connectivity index (χ0) is 11.6. The highest BCUT2D eigenvalue weighted by Gasteiger charge is 2.26. The monoisotopic (exact) mass is 198 g/mol. The molecular weight excluding hydrogens is 168 g/mol. The van der Waals surface area contributed by atoms with Gasteiger partial charge in [-0.25, -0.2) is 0 Å². The number of hydrogen-bond donors (Lipinski definition) is 0. The van der Waals surface area contributed by atoms with Crippen LogP contribution in [0.1, 0.15) is 73.6 Å². The summed E-state index contributed by atoms with van der Waals surface area (Å²) in [5, 5.41) is 0. The lowest BCUT2D eigenvalue weighted by molar-refractivity contribution is 0.268. The Bertz CT molecular complexity index is 127. The molecule has 0 radical (unpaired) electrons. The second kappa shape index (κ2) is 9.30. The minimum Gasteiger partial charge on any atom is -0.0996 e. The molecule has 0 aliphatic heterocycles. The van der Waals surface area contributed by atoms with Crippen LogP contribution in [0.4, 0.5) is 0 Å². The molecule has 1 aliphatic rings. The zero-order valence-electron chi connectivity index (χ0n) is 11.2. The van der Waals surface area contributed by atoms with E-state index >= 15 is 0 Å². The van der Waals surface area contributed by atoms with Gasteiger partial charge in [0.2, 0.25) is 0 Å². The van der Waals surface area contributed by atoms with Crippen LogP contribution in [0.3, 0.4) is 0 Å². The molecule has 1 saturated carbocycles. The van der Waals surface area contributed by atoms with Crippen LogP contribution < -0.4 is 0 Å². The summed E-state index contributed by atoms with van der Waals surface area (Å²) in [5.41, 5.74) is 1.87. The summed E-state index contributed by atoms with van der Waals surface area (Å²) < 4.78 is 0. The maximum Gasteiger partial charge on any atom is -0.0122 e. The summed E-state index contributed by atoms with van der Waals surface area (Å²) in [4.78, 5) is 0. The van der Waals surface area contributed by atoms with Crippen LogP contribution in [0.5, 0.6) is 0 Å². The quantitative estimate of drug-likeness (QED) is 0.482. The van der Waals surface area contributed by atoms with Crippen LogP contribution in [0.2, 0.25) is 0 Å². The zero-order valence-corrected chi connectivity index (χ0v) is 11.2. The predicted molar refractivity (Wildman–Crippen MR) is 68.7 cm³/mol. The Hall–Kier alpha value is -0.260. The maximum absolute atomic E-state index is 4.05. The van der Waals surface area contributed by atoms with Gasteiger partial charge in [0, 0.05) is 0 Å². The Morgan fingerprint density at radius 3 is 1.50 bits per heavy atom. The highest BCUT2D eigenvalue weighted by Crippen LogP contribution is 2.40. The van der Waals surface area contributed by atoms with E-state index in [1.165, 1.54) is 37.7 Å². The van der Waals surface area contributed by atoms with E-state index in [-0.39, 0.29) is 0 Å². The lowest BCUT2D eigenvalue weighted by Crippen LogP contribution is -2.20. The molecule has 0 nitrogen and oxygen atoms in total. The fraction of sp³-hybridized carbons (Fsp3) is 0.857. The van der Waals surface area contributed by atoms with Gasteiger partial charge in [-0.1, -0.05) is 66.0 Å². The van der Waals surface area contributed by atoms with Gasteiger partial charge in [-0.15, -0.1) is 0 Å². The second-order valence-electron chi connectivity index (χ2n) is 3.90. The number of allylic oxidation sites excluding steroid dienone is 1. The van der Waals surface area contributed by atoms with Crippen LogP contribution >= 0.6 is 0 Å². The van der Waals surface area contributed by atoms with Crippen molar-refractivity contribution in [1.82, 2.24) is 0 Å². The van der Waals surface area contributed by atoms with Crippen molar-refractivity contribution in [3.05, 3.63) is 12.2 Å². The first-order chi connectivity index (χ1) is 6.65. The molecule has 1 fully saturated rings. The molecule has 0 saturated heterocycles. The van der Waals surface area contributed by atoms with E-state index in [4.69, 9.17) is 0 Å². The Morgan fingerprint density at radius 2 is 1.29 bits per heavy atom. The van der Waals surface area contributed by atoms with E-state index in [0.29, 0.717) is 5.41 Å². The van der Waals surface area contributed by atoms with E-state index in [9.17, 15) is 0 Å². The molecular formula is C14H30. The lowest BCUT2D eigenvalue weighted by Gasteiger charge is -2.34. The highest BCUT2D eigenvalue weighted by molar-refractivity contribution is 5.06. The minimum atomic E-state index is 0.484. The second-order valence-corrected chi connectivity index (χ2v) is 3.90. The average Bonchev–Trinajstić information content (AvgIpc) is 2.25. The summed E-state index contributed by atoms with van der Waals surface area (Å²) in [6.07, 6.45) is 6.97. The van der Waals surface area contributed by atoms with Crippen molar-refractivity contribution in [3.8, 4) is 0 Å². The summed E-state index contributed by atoms with van der Waals surface area (Å²) in [6, 6.07) is 0. The van der Waals surface area contributed by atoms with E-state index in [0.717, 1.165) is 0 Å². The highest BCUT2D eigenvalue weighted by atomic mass is 14.3. The first kappa shape index (κ1) is 16.2. The third-order valence-corrected chi connectivity index (χ3v) is 2.99. The average molecular weight is 198 g/mol. The smallest absolute Gasteiger partial charge is 0.0122 e. The first-order valence-corrected chi connectivity index (χ1v) is 6.31. The van der Waals surface area contributed by atoms with Crippen LogP contribution in [-0.4, -0.2) is 0 Å². The molecule has 0 spiro atoms. The normalized spacial score (nSPS) is 18.1. The molecule has 14 heavy (non-hydrogen) atoms. The van der Waals surface area contributed by atoms with Gasteiger partial charge in [-0.2, -0.15) is 0 Å². The van der Waals surface area contributed by atoms with Crippen molar-refractivity contribution >= 4 is 0 Å². The van der Waals surface area contributed by atoms with Crippen LogP contribution in [0.25, 0.3) is 0 Å². The molecule has 0 bridgehead atoms. The third kappa shape index (κ3) is 5.47. The van der Waals surface area contributed by atoms with E-state index in [1.54, 1.807) is 0 Å². The molecule has 1 rings (SSSR count). The summed E-state index contributed by atoms with van der Waals surface area (Å²) >= 11 is 0. The first-order valence-electron chi connectivity index (χ1n) is 6.31. The van der Waals surface area contributed by atoms with Gasteiger partial charge in [0.15, 0.2) is 0 Å². The molecule has 0 amide bonds. The minimum absolute atomic E-state index is 0.484. The van der Waals surface area contributed by atoms with Crippen LogP contribution in [0.15, 0.2) is 12.2 Å². The van der Waals surface area contributed by atoms with Crippen molar-refractivity contribution in [1.29, 1.82) is 0 Å². The molecule has 0 aromatic rings. The Balaban J connectivity index is 0. The van der Waals surface area contributed by atoms with E-state index < -0.39 is 0 Å². The number of hydrogen-bond acceptors (Lipinski definition) is 0. The summed E-state index contributed by atoms with van der Waals surface area (Å²) in [7, 11) is 0. The molecule has 0 aromatic carbocycles. The van der Waals surface area contributed by atoms with E-state index in [1.807, 2.05) is 27.7 Å². The topological polar surface area (TPSA) is 0 Å². The standard InChI is InChI=1S/C10H18.2C2H6/c1-9(2)10(3)7-5-4-6-8-10;2*1-2/h1,4-8H2,2-3H3;2*1-2H3. The fourth-order valence-corrected chi connectivity index (χ4v) is 1.76. The molecule has 0 unspecified atom stereocenters. The molecule has 0 heterocycles. The van der Waals surface area contributed by atoms with Crippen molar-refractivity contribution in [3.63, 3.8) is 0 Å². The molecule has 1 aliphatic carbocycles. The van der Waals surface area contributed by atoms with Gasteiger partial charge < -0.3 is 0 Å². The van der Waals surface area contributed by atoms with Crippen LogP contribution in [-0.2, 0) is 0 Å². The van der Waals surface area contributed by atoms with E-state index in [2.05, 4.69) is 20.4 Å². The molecule has 0 heteroatoms. The van der Waals surface area contributed by atoms with Crippen molar-refractivity contribution in [2.45, 2.75) is 73.6 Å². The van der Waals surface area contributed by atoms with Crippen molar-refractivity contribution < 1.29 is 0 Å². The third-order valence-electron chi connectivity index (χ3n) is 2.99. The Kier molecular flexibility index (Phi) is 10.7. The molecule has 86 valence electrons. The van der Waals surface area contributed by atoms with Crippen LogP contribution in [0, 0.1) is 5.41 Å². The van der Waals surface area contributed by atoms with Gasteiger partial charge in [-0.3, -0.25) is 0 Å². The molecule has 0 atom stereocenters. The SMILES string of the molecule is C=C(C)C1(C)CCCCC1.CC.CC. The number of rotatable bonds is 1. The summed E-state index contributed by atoms with van der Waals surface area (Å²) in [6.45, 7) is 16.6. The van der Waals surface area contributed by atoms with Gasteiger partial charge in [0.1, 0.15) is 0 Å². The Labute approximate surface area is 91.8 Å². The maximum atomic E-state index is 4.05. The Morgan fingerprint density at radius 1 is 0.929 bits per heavy atom. The van der Waals surface area contributed by atoms with Gasteiger partial charge in [0.05, 0.1) is 0 Å². The van der Waals surface area contributed by atoms with Gasteiger partial charge >= 0.3 is 0 Å². The lowest BCUT2D eigenvalue weighted by atomic mass is 9.72. The van der Waals surface area contributed by atoms with Crippen molar-refractivity contribution in [2.24, 2.45) is 5.41 Å². The van der Waals surface area contributed by atoms with Gasteiger partial charge in [-0.05, 0) is 25.2 Å². The fourth-order valence-electron chi connectivity index (χ4n) is 1.76. The summed E-state index contributed by atoms with van der Waals surface area (Å²) in [5.74, 6) is 0. The van der Waals surface area contributed by atoms with Crippen molar-refractivity contribution in [2.75, 3.05) is 0 Å². The van der Waals surface area contributed by atoms with Gasteiger partial charge in [0.25, 0.3) is 0 Å². The molecule has 0 aromatic heterocycles. The molecule has 0 N–H and O–H groups in total. The largest absolute Gasteiger partial charge is 0.0996 e. The predicted octanol–water partition coefficient (Wildman–Crippen LogP) is 5.59.